The third kappa shape index (κ3) is 2.57. The van der Waals surface area contributed by atoms with Gasteiger partial charge < -0.3 is 14.6 Å². The van der Waals surface area contributed by atoms with Crippen LogP contribution in [0.2, 0.25) is 0 Å². The van der Waals surface area contributed by atoms with Gasteiger partial charge in [0.2, 0.25) is 0 Å². The molecular formula is C15H18N2O2. The molecule has 3 rings (SSSR count). The average molecular weight is 258 g/mol. The molecule has 1 aromatic carbocycles. The summed E-state index contributed by atoms with van der Waals surface area (Å²) in [6, 6.07) is 8.25. The predicted molar refractivity (Wildman–Crippen MR) is 74.2 cm³/mol. The minimum absolute atomic E-state index is 0.0826. The van der Waals surface area contributed by atoms with Crippen LogP contribution >= 0.6 is 0 Å². The van der Waals surface area contributed by atoms with Gasteiger partial charge in [-0.3, -0.25) is 4.79 Å². The van der Waals surface area contributed by atoms with Crippen LogP contribution in [0.4, 0.5) is 0 Å². The summed E-state index contributed by atoms with van der Waals surface area (Å²) in [7, 11) is 0. The third-order valence-corrected chi connectivity index (χ3v) is 3.54. The summed E-state index contributed by atoms with van der Waals surface area (Å²) >= 11 is 0. The van der Waals surface area contributed by atoms with Crippen molar-refractivity contribution in [3.05, 3.63) is 30.5 Å². The van der Waals surface area contributed by atoms with Crippen LogP contribution in [0.5, 0.6) is 5.75 Å². The first-order chi connectivity index (χ1) is 9.28. The number of rotatable bonds is 5. The van der Waals surface area contributed by atoms with E-state index in [-0.39, 0.29) is 12.5 Å². The molecule has 0 aliphatic heterocycles. The van der Waals surface area contributed by atoms with Crippen molar-refractivity contribution >= 4 is 16.8 Å². The summed E-state index contributed by atoms with van der Waals surface area (Å²) in [5.41, 5.74) is 1.08. The molecule has 0 radical (unpaired) electrons. The molecule has 1 N–H and O–H groups in total. The highest BCUT2D eigenvalue weighted by molar-refractivity contribution is 5.81. The summed E-state index contributed by atoms with van der Waals surface area (Å²) in [6.07, 6.45) is 4.16. The third-order valence-electron chi connectivity index (χ3n) is 3.54. The highest BCUT2D eigenvalue weighted by Crippen LogP contribution is 2.26. The van der Waals surface area contributed by atoms with Gasteiger partial charge in [-0.1, -0.05) is 0 Å². The molecule has 1 heterocycles. The van der Waals surface area contributed by atoms with Crippen LogP contribution in [0.3, 0.4) is 0 Å². The maximum Gasteiger partial charge on any atom is 0.260 e. The van der Waals surface area contributed by atoms with E-state index in [9.17, 15) is 4.79 Å². The van der Waals surface area contributed by atoms with Gasteiger partial charge >= 0.3 is 0 Å². The maximum atomic E-state index is 12.0. The number of likely N-dealkylation sites (N-methyl/N-ethyl adjacent to an activating group) is 1. The van der Waals surface area contributed by atoms with Gasteiger partial charge in [-0.15, -0.1) is 0 Å². The standard InChI is InChI=1S/C15H18N2O2/c1-2-17(12-3-4-12)15(18)10-19-13-5-6-14-11(9-13)7-8-16-14/h5-9,12,16H,2-4,10H2,1H3. The number of H-pyrrole nitrogens is 1. The molecule has 1 amide bonds. The van der Waals surface area contributed by atoms with Crippen LogP contribution in [0, 0.1) is 0 Å². The molecule has 0 unspecified atom stereocenters. The van der Waals surface area contributed by atoms with Crippen molar-refractivity contribution in [3.63, 3.8) is 0 Å². The fraction of sp³-hybridized carbons (Fsp3) is 0.400. The van der Waals surface area contributed by atoms with E-state index in [4.69, 9.17) is 4.74 Å². The lowest BCUT2D eigenvalue weighted by molar-refractivity contribution is -0.133. The van der Waals surface area contributed by atoms with Gasteiger partial charge in [0.1, 0.15) is 5.75 Å². The molecule has 1 fully saturated rings. The first-order valence-electron chi connectivity index (χ1n) is 6.77. The lowest BCUT2D eigenvalue weighted by atomic mass is 10.2. The largest absolute Gasteiger partial charge is 0.484 e. The SMILES string of the molecule is CCN(C(=O)COc1ccc2[nH]ccc2c1)C1CC1. The molecule has 1 aromatic heterocycles. The monoisotopic (exact) mass is 258 g/mol. The zero-order valence-electron chi connectivity index (χ0n) is 11.1. The molecule has 0 bridgehead atoms. The predicted octanol–water partition coefficient (Wildman–Crippen LogP) is 2.56. The lowest BCUT2D eigenvalue weighted by Crippen LogP contribution is -2.36. The molecule has 1 saturated carbocycles. The topological polar surface area (TPSA) is 45.3 Å². The number of fused-ring (bicyclic) bond motifs is 1. The van der Waals surface area contributed by atoms with E-state index < -0.39 is 0 Å². The van der Waals surface area contributed by atoms with Crippen LogP contribution in [0.1, 0.15) is 19.8 Å². The van der Waals surface area contributed by atoms with Crippen LogP contribution < -0.4 is 4.74 Å². The Labute approximate surface area is 112 Å². The zero-order valence-corrected chi connectivity index (χ0v) is 11.1. The number of hydrogen-bond acceptors (Lipinski definition) is 2. The smallest absolute Gasteiger partial charge is 0.260 e. The normalized spacial score (nSPS) is 14.6. The highest BCUT2D eigenvalue weighted by Gasteiger charge is 2.31. The fourth-order valence-corrected chi connectivity index (χ4v) is 2.37. The number of nitrogens with zero attached hydrogens (tertiary/aromatic N) is 1. The second-order valence-corrected chi connectivity index (χ2v) is 4.93. The Bertz CT molecular complexity index is 587. The van der Waals surface area contributed by atoms with Crippen LogP contribution in [0.15, 0.2) is 30.5 Å². The second kappa shape index (κ2) is 4.96. The Morgan fingerprint density at radius 1 is 1.42 bits per heavy atom. The summed E-state index contributed by atoms with van der Waals surface area (Å²) < 4.78 is 5.60. The Morgan fingerprint density at radius 3 is 3.00 bits per heavy atom. The van der Waals surface area contributed by atoms with Gasteiger partial charge in [-0.25, -0.2) is 0 Å². The fourth-order valence-electron chi connectivity index (χ4n) is 2.37. The molecule has 0 atom stereocenters. The van der Waals surface area contributed by atoms with Gasteiger partial charge in [0.05, 0.1) is 0 Å². The van der Waals surface area contributed by atoms with E-state index in [0.717, 1.165) is 36.0 Å². The molecule has 0 spiro atoms. The van der Waals surface area contributed by atoms with Crippen molar-refractivity contribution in [2.45, 2.75) is 25.8 Å². The van der Waals surface area contributed by atoms with Gasteiger partial charge in [-0.05, 0) is 44.0 Å². The van der Waals surface area contributed by atoms with Crippen molar-refractivity contribution in [2.24, 2.45) is 0 Å². The molecule has 4 nitrogen and oxygen atoms in total. The number of carbonyl (C=O) groups is 1. The van der Waals surface area contributed by atoms with Gasteiger partial charge in [0, 0.05) is 29.7 Å². The number of hydrogen-bond donors (Lipinski definition) is 1. The van der Waals surface area contributed by atoms with Crippen LogP contribution in [-0.4, -0.2) is 35.0 Å². The van der Waals surface area contributed by atoms with Crippen molar-refractivity contribution in [1.29, 1.82) is 0 Å². The zero-order chi connectivity index (χ0) is 13.2. The van der Waals surface area contributed by atoms with E-state index in [2.05, 4.69) is 4.98 Å². The van der Waals surface area contributed by atoms with Crippen molar-refractivity contribution in [3.8, 4) is 5.75 Å². The summed E-state index contributed by atoms with van der Waals surface area (Å²) in [5, 5.41) is 1.10. The maximum absolute atomic E-state index is 12.0. The Kier molecular flexibility index (Phi) is 3.15. The Morgan fingerprint density at radius 2 is 2.26 bits per heavy atom. The first kappa shape index (κ1) is 12.1. The minimum Gasteiger partial charge on any atom is -0.484 e. The Hall–Kier alpha value is -1.97. The van der Waals surface area contributed by atoms with Crippen molar-refractivity contribution in [2.75, 3.05) is 13.2 Å². The number of aromatic nitrogens is 1. The summed E-state index contributed by atoms with van der Waals surface area (Å²) in [4.78, 5) is 17.1. The van der Waals surface area contributed by atoms with E-state index in [1.807, 2.05) is 42.3 Å². The first-order valence-corrected chi connectivity index (χ1v) is 6.77. The van der Waals surface area contributed by atoms with Crippen molar-refractivity contribution in [1.82, 2.24) is 9.88 Å². The van der Waals surface area contributed by atoms with E-state index in [0.29, 0.717) is 6.04 Å². The van der Waals surface area contributed by atoms with E-state index in [1.54, 1.807) is 0 Å². The van der Waals surface area contributed by atoms with E-state index in [1.165, 1.54) is 0 Å². The van der Waals surface area contributed by atoms with Crippen molar-refractivity contribution < 1.29 is 9.53 Å². The van der Waals surface area contributed by atoms with Gasteiger partial charge in [0.15, 0.2) is 6.61 Å². The lowest BCUT2D eigenvalue weighted by Gasteiger charge is -2.20. The number of ether oxygens (including phenoxy) is 1. The summed E-state index contributed by atoms with van der Waals surface area (Å²) in [5.74, 6) is 0.825. The number of aromatic amines is 1. The van der Waals surface area contributed by atoms with Gasteiger partial charge in [-0.2, -0.15) is 0 Å². The number of benzene rings is 1. The van der Waals surface area contributed by atoms with Gasteiger partial charge in [0.25, 0.3) is 5.91 Å². The molecule has 19 heavy (non-hydrogen) atoms. The number of nitrogens with one attached hydrogen (secondary N) is 1. The molecule has 2 aromatic rings. The van der Waals surface area contributed by atoms with Crippen LogP contribution in [0.25, 0.3) is 10.9 Å². The molecular weight excluding hydrogens is 240 g/mol. The van der Waals surface area contributed by atoms with E-state index >= 15 is 0 Å². The number of amides is 1. The molecule has 0 saturated heterocycles. The second-order valence-electron chi connectivity index (χ2n) is 4.93. The summed E-state index contributed by atoms with van der Waals surface area (Å²) in [6.45, 7) is 2.91. The minimum atomic E-state index is 0.0826. The van der Waals surface area contributed by atoms with Crippen LogP contribution in [-0.2, 0) is 4.79 Å². The average Bonchev–Trinajstić information content (AvgIpc) is 3.14. The molecule has 4 heteroatoms. The number of carbonyl (C=O) groups excluding carboxylic acids is 1. The highest BCUT2D eigenvalue weighted by atomic mass is 16.5. The Balaban J connectivity index is 1.63. The quantitative estimate of drug-likeness (QED) is 0.895. The molecule has 100 valence electrons. The molecule has 1 aliphatic rings. The molecule has 1 aliphatic carbocycles.